The number of nitrogens with two attached hydrogens (primary N) is 2. The van der Waals surface area contributed by atoms with Gasteiger partial charge in [-0.1, -0.05) is 13.8 Å². The molecule has 0 saturated carbocycles. The zero-order chi connectivity index (χ0) is 14.3. The van der Waals surface area contributed by atoms with Crippen LogP contribution >= 0.6 is 0 Å². The first kappa shape index (κ1) is 15.3. The summed E-state index contributed by atoms with van der Waals surface area (Å²) in [6.07, 6.45) is 1.05. The first-order valence-corrected chi connectivity index (χ1v) is 6.51. The maximum absolute atomic E-state index is 11.3. The minimum atomic E-state index is -0.490. The van der Waals surface area contributed by atoms with E-state index in [0.717, 1.165) is 13.0 Å². The van der Waals surface area contributed by atoms with E-state index >= 15 is 0 Å². The van der Waals surface area contributed by atoms with Crippen LogP contribution in [0.4, 0.5) is 11.4 Å². The van der Waals surface area contributed by atoms with Crippen LogP contribution in [0.25, 0.3) is 0 Å². The lowest BCUT2D eigenvalue weighted by Gasteiger charge is -2.11. The van der Waals surface area contributed by atoms with Crippen LogP contribution in [0.1, 0.15) is 30.6 Å². The molecular weight excluding hydrogens is 242 g/mol. The summed E-state index contributed by atoms with van der Waals surface area (Å²) in [6, 6.07) is 5.06. The molecule has 0 saturated heterocycles. The maximum Gasteiger partial charge on any atom is 0.250 e. The van der Waals surface area contributed by atoms with Gasteiger partial charge in [-0.2, -0.15) is 0 Å². The Balaban J connectivity index is 2.39. The molecular formula is C14H23N3O2. The molecule has 106 valence electrons. The van der Waals surface area contributed by atoms with Crippen LogP contribution in [-0.2, 0) is 4.74 Å². The summed E-state index contributed by atoms with van der Waals surface area (Å²) in [7, 11) is 0. The van der Waals surface area contributed by atoms with Gasteiger partial charge in [0.05, 0.1) is 12.2 Å². The third kappa shape index (κ3) is 5.61. The quantitative estimate of drug-likeness (QED) is 0.494. The van der Waals surface area contributed by atoms with E-state index in [4.69, 9.17) is 16.2 Å². The number of carbonyl (C=O) groups excluding carboxylic acids is 1. The average molecular weight is 265 g/mol. The highest BCUT2D eigenvalue weighted by atomic mass is 16.5. The summed E-state index contributed by atoms with van der Waals surface area (Å²) in [4.78, 5) is 11.3. The number of primary amides is 1. The first-order valence-electron chi connectivity index (χ1n) is 6.51. The van der Waals surface area contributed by atoms with E-state index in [9.17, 15) is 4.79 Å². The van der Waals surface area contributed by atoms with Gasteiger partial charge in [-0.25, -0.2) is 0 Å². The van der Waals surface area contributed by atoms with Crippen molar-refractivity contribution in [1.29, 1.82) is 0 Å². The third-order valence-electron chi connectivity index (χ3n) is 2.71. The van der Waals surface area contributed by atoms with Gasteiger partial charge in [-0.3, -0.25) is 4.79 Å². The molecule has 0 heterocycles. The van der Waals surface area contributed by atoms with Gasteiger partial charge in [0.2, 0.25) is 0 Å². The van der Waals surface area contributed by atoms with Crippen molar-refractivity contribution < 1.29 is 9.53 Å². The molecule has 1 amide bonds. The second-order valence-corrected chi connectivity index (χ2v) is 4.89. The minimum Gasteiger partial charge on any atom is -0.399 e. The molecule has 5 nitrogen and oxygen atoms in total. The Morgan fingerprint density at radius 3 is 2.74 bits per heavy atom. The van der Waals surface area contributed by atoms with Crippen LogP contribution in [-0.4, -0.2) is 25.7 Å². The highest BCUT2D eigenvalue weighted by molar-refractivity contribution is 5.99. The number of hydrogen-bond donors (Lipinski definition) is 3. The van der Waals surface area contributed by atoms with E-state index in [1.54, 1.807) is 18.2 Å². The van der Waals surface area contributed by atoms with E-state index in [0.29, 0.717) is 36.0 Å². The van der Waals surface area contributed by atoms with Gasteiger partial charge >= 0.3 is 0 Å². The minimum absolute atomic E-state index is 0.405. The van der Waals surface area contributed by atoms with Crippen molar-refractivity contribution in [1.82, 2.24) is 0 Å². The van der Waals surface area contributed by atoms with Gasteiger partial charge in [0.15, 0.2) is 0 Å². The van der Waals surface area contributed by atoms with Gasteiger partial charge in [-0.15, -0.1) is 0 Å². The molecule has 0 bridgehead atoms. The van der Waals surface area contributed by atoms with Crippen LogP contribution in [0.2, 0.25) is 0 Å². The third-order valence-corrected chi connectivity index (χ3v) is 2.71. The first-order chi connectivity index (χ1) is 9.00. The van der Waals surface area contributed by atoms with E-state index in [1.807, 2.05) is 0 Å². The molecule has 1 aromatic rings. The Morgan fingerprint density at radius 2 is 2.11 bits per heavy atom. The van der Waals surface area contributed by atoms with E-state index in [2.05, 4.69) is 19.2 Å². The number of benzene rings is 1. The van der Waals surface area contributed by atoms with Gasteiger partial charge in [0, 0.05) is 24.5 Å². The van der Waals surface area contributed by atoms with Crippen molar-refractivity contribution >= 4 is 17.3 Å². The molecule has 1 rings (SSSR count). The largest absolute Gasteiger partial charge is 0.399 e. The number of hydrogen-bond acceptors (Lipinski definition) is 4. The topological polar surface area (TPSA) is 90.4 Å². The predicted octanol–water partition coefficient (Wildman–Crippen LogP) is 1.84. The smallest absolute Gasteiger partial charge is 0.250 e. The molecule has 0 aliphatic carbocycles. The van der Waals surface area contributed by atoms with Crippen molar-refractivity contribution in [2.45, 2.75) is 20.3 Å². The van der Waals surface area contributed by atoms with Crippen LogP contribution in [0, 0.1) is 5.92 Å². The zero-order valence-electron chi connectivity index (χ0n) is 11.6. The zero-order valence-corrected chi connectivity index (χ0v) is 11.6. The number of anilines is 2. The monoisotopic (exact) mass is 265 g/mol. The second-order valence-electron chi connectivity index (χ2n) is 4.89. The van der Waals surface area contributed by atoms with Gasteiger partial charge in [-0.05, 0) is 30.5 Å². The van der Waals surface area contributed by atoms with Gasteiger partial charge in [0.25, 0.3) is 5.91 Å². The van der Waals surface area contributed by atoms with Crippen molar-refractivity contribution in [2.24, 2.45) is 11.7 Å². The summed E-state index contributed by atoms with van der Waals surface area (Å²) in [5, 5.41) is 3.13. The summed E-state index contributed by atoms with van der Waals surface area (Å²) in [5.74, 6) is 0.155. The van der Waals surface area contributed by atoms with Crippen molar-refractivity contribution in [3.8, 4) is 0 Å². The molecule has 0 aliphatic rings. The Labute approximate surface area is 114 Å². The van der Waals surface area contributed by atoms with E-state index < -0.39 is 5.91 Å². The average Bonchev–Trinajstić information content (AvgIpc) is 2.34. The normalized spacial score (nSPS) is 10.7. The van der Waals surface area contributed by atoms with E-state index in [1.165, 1.54) is 0 Å². The van der Waals surface area contributed by atoms with Crippen LogP contribution in [0.3, 0.4) is 0 Å². The Kier molecular flexibility index (Phi) is 6.15. The molecule has 5 N–H and O–H groups in total. The van der Waals surface area contributed by atoms with Crippen LogP contribution in [0.5, 0.6) is 0 Å². The lowest BCUT2D eigenvalue weighted by molar-refractivity contribution is 0.100. The van der Waals surface area contributed by atoms with Crippen molar-refractivity contribution in [3.63, 3.8) is 0 Å². The molecule has 5 heteroatoms. The molecule has 0 aromatic heterocycles. The van der Waals surface area contributed by atoms with Gasteiger partial charge in [0.1, 0.15) is 0 Å². The molecule has 0 aliphatic heterocycles. The fourth-order valence-corrected chi connectivity index (χ4v) is 1.60. The second kappa shape index (κ2) is 7.63. The lowest BCUT2D eigenvalue weighted by Crippen LogP contribution is -2.17. The predicted molar refractivity (Wildman–Crippen MR) is 78.1 cm³/mol. The van der Waals surface area contributed by atoms with Crippen molar-refractivity contribution in [2.75, 3.05) is 30.8 Å². The summed E-state index contributed by atoms with van der Waals surface area (Å²) in [6.45, 7) is 6.30. The number of rotatable bonds is 8. The summed E-state index contributed by atoms with van der Waals surface area (Å²) >= 11 is 0. The number of amides is 1. The molecule has 0 radical (unpaired) electrons. The summed E-state index contributed by atoms with van der Waals surface area (Å²) < 4.78 is 5.49. The molecule has 19 heavy (non-hydrogen) atoms. The number of ether oxygens (including phenoxy) is 1. The Morgan fingerprint density at radius 1 is 1.37 bits per heavy atom. The SMILES string of the molecule is CC(C)CCOCCNc1ccc(N)cc1C(N)=O. The van der Waals surface area contributed by atoms with Crippen LogP contribution in [0.15, 0.2) is 18.2 Å². The van der Waals surface area contributed by atoms with E-state index in [-0.39, 0.29) is 0 Å². The molecule has 0 spiro atoms. The summed E-state index contributed by atoms with van der Waals surface area (Å²) in [5.41, 5.74) is 12.5. The Hall–Kier alpha value is -1.75. The standard InChI is InChI=1S/C14H23N3O2/c1-10(2)5-7-19-8-6-17-13-4-3-11(15)9-12(13)14(16)18/h3-4,9-10,17H,5-8,15H2,1-2H3,(H2,16,18). The Bertz CT molecular complexity index is 419. The fraction of sp³-hybridized carbons (Fsp3) is 0.500. The molecule has 0 unspecified atom stereocenters. The number of nitrogens with one attached hydrogen (secondary N) is 1. The molecule has 0 fully saturated rings. The van der Waals surface area contributed by atoms with Gasteiger partial charge < -0.3 is 21.5 Å². The number of carbonyl (C=O) groups is 1. The van der Waals surface area contributed by atoms with Crippen molar-refractivity contribution in [3.05, 3.63) is 23.8 Å². The lowest BCUT2D eigenvalue weighted by atomic mass is 10.1. The number of nitrogen functional groups attached to an aromatic ring is 1. The molecule has 1 aromatic carbocycles. The molecule has 0 atom stereocenters. The highest BCUT2D eigenvalue weighted by Gasteiger charge is 2.07. The fourth-order valence-electron chi connectivity index (χ4n) is 1.60. The maximum atomic E-state index is 11.3. The van der Waals surface area contributed by atoms with Crippen LogP contribution < -0.4 is 16.8 Å². The highest BCUT2D eigenvalue weighted by Crippen LogP contribution is 2.18.